The molecule has 3 nitrogen and oxygen atoms in total. The molecule has 0 atom stereocenters. The van der Waals surface area contributed by atoms with Gasteiger partial charge in [0, 0.05) is 0 Å². The Morgan fingerprint density at radius 1 is 1.11 bits per heavy atom. The molecule has 0 saturated heterocycles. The second kappa shape index (κ2) is 5.10. The maximum absolute atomic E-state index is 13.2. The summed E-state index contributed by atoms with van der Waals surface area (Å²) in [4.78, 5) is 0. The van der Waals surface area contributed by atoms with Crippen molar-refractivity contribution in [3.63, 3.8) is 0 Å². The van der Waals surface area contributed by atoms with Crippen molar-refractivity contribution < 1.29 is 9.13 Å². The summed E-state index contributed by atoms with van der Waals surface area (Å²) in [5, 5.41) is 7.45. The molecule has 0 aromatic heterocycles. The van der Waals surface area contributed by atoms with Gasteiger partial charge in [-0.05, 0) is 55.3 Å². The molecule has 2 aromatic carbocycles. The van der Waals surface area contributed by atoms with E-state index in [9.17, 15) is 4.39 Å². The molecular weight excluding hydrogens is 243 g/mol. The van der Waals surface area contributed by atoms with Gasteiger partial charge in [0.1, 0.15) is 23.2 Å². The number of benzene rings is 2. The fraction of sp³-hybridized carbons (Fsp3) is 0.133. The van der Waals surface area contributed by atoms with Gasteiger partial charge in [-0.1, -0.05) is 6.07 Å². The van der Waals surface area contributed by atoms with E-state index >= 15 is 0 Å². The molecule has 2 rings (SSSR count). The highest BCUT2D eigenvalue weighted by atomic mass is 19.1. The van der Waals surface area contributed by atoms with Crippen LogP contribution in [0.5, 0.6) is 11.5 Å². The lowest BCUT2D eigenvalue weighted by molar-refractivity contribution is 0.479. The number of halogens is 1. The van der Waals surface area contributed by atoms with E-state index in [0.717, 1.165) is 5.56 Å². The molecular formula is C15H15FN2O. The van der Waals surface area contributed by atoms with Gasteiger partial charge >= 0.3 is 0 Å². The van der Waals surface area contributed by atoms with E-state index < -0.39 is 5.82 Å². The zero-order valence-corrected chi connectivity index (χ0v) is 10.8. The van der Waals surface area contributed by atoms with E-state index in [4.69, 9.17) is 15.9 Å². The summed E-state index contributed by atoms with van der Waals surface area (Å²) in [5.74, 6) is 0.338. The number of nitrogen functional groups attached to an aromatic ring is 1. The second-order valence-electron chi connectivity index (χ2n) is 4.40. The van der Waals surface area contributed by atoms with Crippen LogP contribution in [0.3, 0.4) is 0 Å². The van der Waals surface area contributed by atoms with Crippen molar-refractivity contribution in [3.05, 3.63) is 58.9 Å². The zero-order valence-electron chi connectivity index (χ0n) is 10.8. The van der Waals surface area contributed by atoms with E-state index in [-0.39, 0.29) is 11.4 Å². The van der Waals surface area contributed by atoms with Gasteiger partial charge in [-0.3, -0.25) is 5.41 Å². The number of hydrogen-bond donors (Lipinski definition) is 2. The van der Waals surface area contributed by atoms with Gasteiger partial charge in [-0.2, -0.15) is 0 Å². The Labute approximate surface area is 111 Å². The average molecular weight is 258 g/mol. The molecule has 2 aromatic rings. The first kappa shape index (κ1) is 13.1. The third-order valence-electron chi connectivity index (χ3n) is 2.94. The monoisotopic (exact) mass is 258 g/mol. The fourth-order valence-electron chi connectivity index (χ4n) is 1.71. The van der Waals surface area contributed by atoms with E-state index in [1.807, 2.05) is 32.0 Å². The van der Waals surface area contributed by atoms with Gasteiger partial charge in [-0.25, -0.2) is 4.39 Å². The van der Waals surface area contributed by atoms with Crippen LogP contribution in [0.2, 0.25) is 0 Å². The van der Waals surface area contributed by atoms with Gasteiger partial charge in [0.2, 0.25) is 0 Å². The molecule has 0 heterocycles. The van der Waals surface area contributed by atoms with Crippen LogP contribution >= 0.6 is 0 Å². The van der Waals surface area contributed by atoms with Crippen LogP contribution in [-0.2, 0) is 0 Å². The van der Waals surface area contributed by atoms with E-state index in [0.29, 0.717) is 11.5 Å². The highest BCUT2D eigenvalue weighted by molar-refractivity contribution is 5.97. The molecule has 0 spiro atoms. The molecule has 0 saturated carbocycles. The third-order valence-corrected chi connectivity index (χ3v) is 2.94. The minimum absolute atomic E-state index is 0.224. The summed E-state index contributed by atoms with van der Waals surface area (Å²) in [6.07, 6.45) is 0. The zero-order chi connectivity index (χ0) is 14.0. The van der Waals surface area contributed by atoms with Crippen LogP contribution < -0.4 is 10.5 Å². The molecule has 0 unspecified atom stereocenters. The number of nitrogens with two attached hydrogens (primary N) is 1. The Bertz CT molecular complexity index is 638. The number of rotatable bonds is 3. The smallest absolute Gasteiger partial charge is 0.138 e. The number of aryl methyl sites for hydroxylation is 2. The topological polar surface area (TPSA) is 59.1 Å². The number of nitrogens with one attached hydrogen (secondary N) is 1. The highest BCUT2D eigenvalue weighted by Gasteiger charge is 2.09. The average Bonchev–Trinajstić information content (AvgIpc) is 2.36. The summed E-state index contributed by atoms with van der Waals surface area (Å²) in [7, 11) is 0. The van der Waals surface area contributed by atoms with Crippen LogP contribution in [0, 0.1) is 25.1 Å². The summed E-state index contributed by atoms with van der Waals surface area (Å²) in [5.41, 5.74) is 7.94. The van der Waals surface area contributed by atoms with Crippen LogP contribution in [0.1, 0.15) is 16.7 Å². The Hall–Kier alpha value is -2.36. The number of amidine groups is 1. The van der Waals surface area contributed by atoms with Crippen molar-refractivity contribution in [1.82, 2.24) is 0 Å². The number of ether oxygens (including phenoxy) is 1. The van der Waals surface area contributed by atoms with Gasteiger partial charge in [0.25, 0.3) is 0 Å². The lowest BCUT2D eigenvalue weighted by atomic mass is 10.1. The number of hydrogen-bond acceptors (Lipinski definition) is 2. The molecule has 0 bridgehead atoms. The summed E-state index contributed by atoms with van der Waals surface area (Å²) in [6.45, 7) is 4.00. The molecule has 0 amide bonds. The highest BCUT2D eigenvalue weighted by Crippen LogP contribution is 2.27. The third kappa shape index (κ3) is 2.91. The Balaban J connectivity index is 2.37. The van der Waals surface area contributed by atoms with E-state index in [2.05, 4.69) is 0 Å². The SMILES string of the molecule is Cc1ccc(Oc2ccc(F)cc2C(=N)N)cc1C. The van der Waals surface area contributed by atoms with Gasteiger partial charge in [0.15, 0.2) is 0 Å². The molecule has 0 aliphatic rings. The predicted octanol–water partition coefficient (Wildman–Crippen LogP) is 3.52. The molecule has 0 fully saturated rings. The summed E-state index contributed by atoms with van der Waals surface area (Å²) in [6, 6.07) is 9.61. The van der Waals surface area contributed by atoms with Gasteiger partial charge < -0.3 is 10.5 Å². The summed E-state index contributed by atoms with van der Waals surface area (Å²) < 4.78 is 18.8. The van der Waals surface area contributed by atoms with E-state index in [1.165, 1.54) is 23.8 Å². The van der Waals surface area contributed by atoms with Crippen LogP contribution in [0.25, 0.3) is 0 Å². The molecule has 19 heavy (non-hydrogen) atoms. The lowest BCUT2D eigenvalue weighted by Gasteiger charge is -2.11. The predicted molar refractivity (Wildman–Crippen MR) is 73.4 cm³/mol. The van der Waals surface area contributed by atoms with Crippen molar-refractivity contribution in [1.29, 1.82) is 5.41 Å². The van der Waals surface area contributed by atoms with Crippen molar-refractivity contribution in [3.8, 4) is 11.5 Å². The van der Waals surface area contributed by atoms with Crippen molar-refractivity contribution >= 4 is 5.84 Å². The molecule has 3 N–H and O–H groups in total. The van der Waals surface area contributed by atoms with Gasteiger partial charge in [-0.15, -0.1) is 0 Å². The minimum Gasteiger partial charge on any atom is -0.457 e. The van der Waals surface area contributed by atoms with Crippen molar-refractivity contribution in [2.24, 2.45) is 5.73 Å². The van der Waals surface area contributed by atoms with Crippen LogP contribution in [-0.4, -0.2) is 5.84 Å². The van der Waals surface area contributed by atoms with E-state index in [1.54, 1.807) is 0 Å². The first-order valence-corrected chi connectivity index (χ1v) is 5.86. The van der Waals surface area contributed by atoms with Crippen LogP contribution in [0.4, 0.5) is 4.39 Å². The first-order chi connectivity index (χ1) is 8.97. The summed E-state index contributed by atoms with van der Waals surface area (Å²) >= 11 is 0. The molecule has 98 valence electrons. The minimum atomic E-state index is -0.447. The normalized spacial score (nSPS) is 10.3. The Morgan fingerprint density at radius 2 is 1.84 bits per heavy atom. The maximum Gasteiger partial charge on any atom is 0.138 e. The molecule has 4 heteroatoms. The second-order valence-corrected chi connectivity index (χ2v) is 4.40. The Kier molecular flexibility index (Phi) is 3.51. The van der Waals surface area contributed by atoms with Crippen molar-refractivity contribution in [2.45, 2.75) is 13.8 Å². The first-order valence-electron chi connectivity index (χ1n) is 5.86. The van der Waals surface area contributed by atoms with Crippen molar-refractivity contribution in [2.75, 3.05) is 0 Å². The fourth-order valence-corrected chi connectivity index (χ4v) is 1.71. The quantitative estimate of drug-likeness (QED) is 0.653. The maximum atomic E-state index is 13.2. The largest absolute Gasteiger partial charge is 0.457 e. The van der Waals surface area contributed by atoms with Gasteiger partial charge in [0.05, 0.1) is 5.56 Å². The standard InChI is InChI=1S/C15H15FN2O/c1-9-3-5-12(7-10(9)2)19-14-6-4-11(16)8-13(14)15(17)18/h3-8H,1-2H3,(H3,17,18). The van der Waals surface area contributed by atoms with Crippen LogP contribution in [0.15, 0.2) is 36.4 Å². The lowest BCUT2D eigenvalue weighted by Crippen LogP contribution is -2.12. The molecule has 0 radical (unpaired) electrons. The molecule has 0 aliphatic carbocycles. The molecule has 0 aliphatic heterocycles. The Morgan fingerprint density at radius 3 is 2.47 bits per heavy atom.